The summed E-state index contributed by atoms with van der Waals surface area (Å²) >= 11 is 2.99. The second-order valence-corrected chi connectivity index (χ2v) is 7.54. The number of carbonyl (C=O) groups is 1. The molecule has 0 amide bonds. The Balaban J connectivity index is 1.88. The third kappa shape index (κ3) is 3.05. The molecule has 1 atom stereocenters. The SMILES string of the molecule is CCOC(=O)CSc1nc(N)c2c3c(sc2n1)CCC(C)C3. The molecule has 22 heavy (non-hydrogen) atoms. The lowest BCUT2D eigenvalue weighted by Gasteiger charge is -2.18. The molecule has 0 bridgehead atoms. The van der Waals surface area contributed by atoms with E-state index in [1.54, 1.807) is 18.3 Å². The summed E-state index contributed by atoms with van der Waals surface area (Å²) in [5.74, 6) is 1.17. The van der Waals surface area contributed by atoms with E-state index >= 15 is 0 Å². The number of nitrogens with two attached hydrogens (primary N) is 1. The number of hydrogen-bond donors (Lipinski definition) is 1. The molecular formula is C15H19N3O2S2. The van der Waals surface area contributed by atoms with E-state index in [4.69, 9.17) is 10.5 Å². The van der Waals surface area contributed by atoms with Gasteiger partial charge in [0.1, 0.15) is 10.6 Å². The molecule has 3 rings (SSSR count). The minimum absolute atomic E-state index is 0.209. The van der Waals surface area contributed by atoms with Crippen molar-refractivity contribution >= 4 is 45.1 Å². The molecule has 1 unspecified atom stereocenters. The van der Waals surface area contributed by atoms with E-state index in [-0.39, 0.29) is 11.7 Å². The molecule has 0 saturated carbocycles. The Kier molecular flexibility index (Phi) is 4.54. The normalized spacial score (nSPS) is 17.5. The number of thioether (sulfide) groups is 1. The molecule has 0 radical (unpaired) electrons. The van der Waals surface area contributed by atoms with Crippen molar-refractivity contribution in [1.82, 2.24) is 9.97 Å². The number of ether oxygens (including phenoxy) is 1. The van der Waals surface area contributed by atoms with Crippen LogP contribution in [0.1, 0.15) is 30.7 Å². The predicted octanol–water partition coefficient (Wildman–Crippen LogP) is 3.05. The molecule has 1 aliphatic carbocycles. The van der Waals surface area contributed by atoms with Gasteiger partial charge in [0.05, 0.1) is 17.7 Å². The van der Waals surface area contributed by atoms with Crippen molar-refractivity contribution in [2.75, 3.05) is 18.1 Å². The van der Waals surface area contributed by atoms with Gasteiger partial charge in [-0.2, -0.15) is 0 Å². The second kappa shape index (κ2) is 6.42. The molecule has 5 nitrogen and oxygen atoms in total. The fourth-order valence-corrected chi connectivity index (χ4v) is 4.68. The molecular weight excluding hydrogens is 318 g/mol. The van der Waals surface area contributed by atoms with Crippen LogP contribution >= 0.6 is 23.1 Å². The highest BCUT2D eigenvalue weighted by molar-refractivity contribution is 7.99. The Bertz CT molecular complexity index is 714. The van der Waals surface area contributed by atoms with Crippen LogP contribution in [0.15, 0.2) is 5.16 Å². The highest BCUT2D eigenvalue weighted by Crippen LogP contribution is 2.39. The summed E-state index contributed by atoms with van der Waals surface area (Å²) in [6.07, 6.45) is 3.37. The Hall–Kier alpha value is -1.34. The third-order valence-electron chi connectivity index (χ3n) is 3.78. The minimum atomic E-state index is -0.255. The number of aryl methyl sites for hydroxylation is 1. The molecule has 0 aliphatic heterocycles. The number of hydrogen-bond acceptors (Lipinski definition) is 7. The van der Waals surface area contributed by atoms with Crippen LogP contribution < -0.4 is 5.73 Å². The summed E-state index contributed by atoms with van der Waals surface area (Å²) in [5, 5.41) is 1.57. The number of rotatable bonds is 4. The highest BCUT2D eigenvalue weighted by atomic mass is 32.2. The number of aromatic nitrogens is 2. The number of carbonyl (C=O) groups excluding carboxylic acids is 1. The topological polar surface area (TPSA) is 78.1 Å². The highest BCUT2D eigenvalue weighted by Gasteiger charge is 2.23. The van der Waals surface area contributed by atoms with Gasteiger partial charge < -0.3 is 10.5 Å². The molecule has 2 aromatic rings. The van der Waals surface area contributed by atoms with Gasteiger partial charge in [-0.05, 0) is 37.7 Å². The monoisotopic (exact) mass is 337 g/mol. The zero-order valence-corrected chi connectivity index (χ0v) is 14.4. The summed E-state index contributed by atoms with van der Waals surface area (Å²) in [4.78, 5) is 22.7. The zero-order chi connectivity index (χ0) is 15.7. The van der Waals surface area contributed by atoms with Crippen molar-refractivity contribution in [3.63, 3.8) is 0 Å². The molecule has 7 heteroatoms. The number of anilines is 1. The minimum Gasteiger partial charge on any atom is -0.465 e. The van der Waals surface area contributed by atoms with Crippen molar-refractivity contribution in [1.29, 1.82) is 0 Å². The van der Waals surface area contributed by atoms with Gasteiger partial charge in [-0.3, -0.25) is 4.79 Å². The van der Waals surface area contributed by atoms with Gasteiger partial charge in [0, 0.05) is 4.88 Å². The van der Waals surface area contributed by atoms with Crippen molar-refractivity contribution in [3.8, 4) is 0 Å². The van der Waals surface area contributed by atoms with E-state index in [0.29, 0.717) is 23.5 Å². The molecule has 2 aromatic heterocycles. The van der Waals surface area contributed by atoms with E-state index in [1.165, 1.54) is 28.6 Å². The molecule has 0 aromatic carbocycles. The van der Waals surface area contributed by atoms with E-state index in [9.17, 15) is 4.79 Å². The summed E-state index contributed by atoms with van der Waals surface area (Å²) in [6, 6.07) is 0. The van der Waals surface area contributed by atoms with Crippen molar-refractivity contribution < 1.29 is 9.53 Å². The van der Waals surface area contributed by atoms with Crippen LogP contribution in [-0.2, 0) is 22.4 Å². The Morgan fingerprint density at radius 2 is 2.32 bits per heavy atom. The van der Waals surface area contributed by atoms with Gasteiger partial charge in [-0.1, -0.05) is 18.7 Å². The summed E-state index contributed by atoms with van der Waals surface area (Å²) in [5.41, 5.74) is 7.49. The molecule has 2 heterocycles. The number of nitrogens with zero attached hydrogens (tertiary/aromatic N) is 2. The van der Waals surface area contributed by atoms with Gasteiger partial charge in [0.25, 0.3) is 0 Å². The Morgan fingerprint density at radius 3 is 3.09 bits per heavy atom. The quantitative estimate of drug-likeness (QED) is 0.525. The van der Waals surface area contributed by atoms with Crippen molar-refractivity contribution in [2.45, 2.75) is 38.3 Å². The van der Waals surface area contributed by atoms with E-state index in [2.05, 4.69) is 16.9 Å². The van der Waals surface area contributed by atoms with Crippen LogP contribution in [0.4, 0.5) is 5.82 Å². The van der Waals surface area contributed by atoms with E-state index in [0.717, 1.165) is 23.1 Å². The third-order valence-corrected chi connectivity index (χ3v) is 5.79. The van der Waals surface area contributed by atoms with Gasteiger partial charge in [0.2, 0.25) is 0 Å². The molecule has 1 aliphatic rings. The molecule has 118 valence electrons. The second-order valence-electron chi connectivity index (χ2n) is 5.52. The summed E-state index contributed by atoms with van der Waals surface area (Å²) < 4.78 is 4.92. The lowest BCUT2D eigenvalue weighted by Crippen LogP contribution is -2.09. The van der Waals surface area contributed by atoms with Crippen LogP contribution in [0.3, 0.4) is 0 Å². The van der Waals surface area contributed by atoms with Crippen LogP contribution in [-0.4, -0.2) is 28.3 Å². The largest absolute Gasteiger partial charge is 0.465 e. The smallest absolute Gasteiger partial charge is 0.316 e. The standard InChI is InChI=1S/C15H19N3O2S2/c1-3-20-11(19)7-21-15-17-13(16)12-9-6-8(2)4-5-10(9)22-14(12)18-15/h8H,3-7H2,1-2H3,(H2,16,17,18). The number of thiophene rings is 1. The van der Waals surface area contributed by atoms with E-state index in [1.807, 2.05) is 0 Å². The van der Waals surface area contributed by atoms with Crippen LogP contribution in [0, 0.1) is 5.92 Å². The van der Waals surface area contributed by atoms with Crippen LogP contribution in [0.25, 0.3) is 10.2 Å². The van der Waals surface area contributed by atoms with Crippen molar-refractivity contribution in [2.24, 2.45) is 5.92 Å². The van der Waals surface area contributed by atoms with Crippen LogP contribution in [0.2, 0.25) is 0 Å². The van der Waals surface area contributed by atoms with Gasteiger partial charge in [-0.25, -0.2) is 9.97 Å². The zero-order valence-electron chi connectivity index (χ0n) is 12.7. The number of esters is 1. The molecule has 0 spiro atoms. The maximum atomic E-state index is 11.4. The van der Waals surface area contributed by atoms with Crippen LogP contribution in [0.5, 0.6) is 0 Å². The van der Waals surface area contributed by atoms with Gasteiger partial charge in [0.15, 0.2) is 5.16 Å². The average Bonchev–Trinajstić information content (AvgIpc) is 2.83. The summed E-state index contributed by atoms with van der Waals surface area (Å²) in [7, 11) is 0. The Labute approximate surface area is 137 Å². The van der Waals surface area contributed by atoms with Crippen molar-refractivity contribution in [3.05, 3.63) is 10.4 Å². The average molecular weight is 337 g/mol. The molecule has 2 N–H and O–H groups in total. The maximum absolute atomic E-state index is 11.4. The maximum Gasteiger partial charge on any atom is 0.316 e. The Morgan fingerprint density at radius 1 is 1.50 bits per heavy atom. The molecule has 0 saturated heterocycles. The number of fused-ring (bicyclic) bond motifs is 3. The fourth-order valence-electron chi connectivity index (χ4n) is 2.75. The first-order valence-corrected chi connectivity index (χ1v) is 9.24. The lowest BCUT2D eigenvalue weighted by atomic mass is 9.89. The fraction of sp³-hybridized carbons (Fsp3) is 0.533. The first-order valence-electron chi connectivity index (χ1n) is 7.44. The first-order chi connectivity index (χ1) is 10.6. The predicted molar refractivity (Wildman–Crippen MR) is 90.4 cm³/mol. The lowest BCUT2D eigenvalue weighted by molar-refractivity contribution is -0.139. The first kappa shape index (κ1) is 15.6. The van der Waals surface area contributed by atoms with E-state index < -0.39 is 0 Å². The summed E-state index contributed by atoms with van der Waals surface area (Å²) in [6.45, 7) is 4.45. The van der Waals surface area contributed by atoms with Gasteiger partial charge in [-0.15, -0.1) is 11.3 Å². The molecule has 0 fully saturated rings. The number of nitrogen functional groups attached to an aromatic ring is 1. The van der Waals surface area contributed by atoms with Gasteiger partial charge >= 0.3 is 5.97 Å².